The molecule has 4 heteroatoms. The fourth-order valence-corrected chi connectivity index (χ4v) is 4.54. The molecule has 0 aliphatic carbocycles. The Bertz CT molecular complexity index is 373. The van der Waals surface area contributed by atoms with Gasteiger partial charge in [0, 0.05) is 30.6 Å². The first-order chi connectivity index (χ1) is 8.31. The van der Waals surface area contributed by atoms with E-state index in [-0.39, 0.29) is 0 Å². The maximum Gasteiger partial charge on any atom is 0.0701 e. The maximum absolute atomic E-state index is 3.54. The van der Waals surface area contributed by atoms with E-state index in [1.54, 1.807) is 0 Å². The molecule has 0 saturated carbocycles. The van der Waals surface area contributed by atoms with Gasteiger partial charge in [0.05, 0.1) is 3.79 Å². The van der Waals surface area contributed by atoms with Gasteiger partial charge in [0.1, 0.15) is 0 Å². The second kappa shape index (κ2) is 5.39. The molecule has 1 aromatic rings. The van der Waals surface area contributed by atoms with Crippen molar-refractivity contribution in [2.45, 2.75) is 31.8 Å². The van der Waals surface area contributed by atoms with E-state index < -0.39 is 0 Å². The van der Waals surface area contributed by atoms with Crippen LogP contribution in [-0.4, -0.2) is 42.0 Å². The largest absolute Gasteiger partial charge is 0.299 e. The highest BCUT2D eigenvalue weighted by Crippen LogP contribution is 2.26. The minimum Gasteiger partial charge on any atom is -0.299 e. The van der Waals surface area contributed by atoms with Crippen molar-refractivity contribution in [3.63, 3.8) is 0 Å². The van der Waals surface area contributed by atoms with Crippen LogP contribution in [-0.2, 0) is 6.54 Å². The van der Waals surface area contributed by atoms with Gasteiger partial charge in [0.15, 0.2) is 0 Å². The fraction of sp³-hybridized carbons (Fsp3) is 0.692. The molecule has 17 heavy (non-hydrogen) atoms. The van der Waals surface area contributed by atoms with Crippen LogP contribution >= 0.6 is 27.3 Å². The van der Waals surface area contributed by atoms with Gasteiger partial charge in [-0.25, -0.2) is 0 Å². The third kappa shape index (κ3) is 2.92. The summed E-state index contributed by atoms with van der Waals surface area (Å²) >= 11 is 5.41. The first kappa shape index (κ1) is 12.2. The van der Waals surface area contributed by atoms with Crippen LogP contribution in [0.15, 0.2) is 15.9 Å². The lowest BCUT2D eigenvalue weighted by Crippen LogP contribution is -2.35. The fourth-order valence-electron chi connectivity index (χ4n) is 3.02. The number of likely N-dealkylation sites (tertiary alicyclic amines) is 2. The lowest BCUT2D eigenvalue weighted by molar-refractivity contribution is 0.230. The number of nitrogens with zero attached hydrogens (tertiary/aromatic N) is 2. The molecule has 94 valence electrons. The maximum atomic E-state index is 3.54. The molecule has 2 fully saturated rings. The van der Waals surface area contributed by atoms with Crippen LogP contribution in [0.3, 0.4) is 0 Å². The second-order valence-electron chi connectivity index (χ2n) is 5.13. The highest BCUT2D eigenvalue weighted by Gasteiger charge is 2.29. The predicted molar refractivity (Wildman–Crippen MR) is 76.5 cm³/mol. The third-order valence-corrected chi connectivity index (χ3v) is 5.52. The summed E-state index contributed by atoms with van der Waals surface area (Å²) in [7, 11) is 0. The number of hydrogen-bond donors (Lipinski definition) is 0. The molecule has 1 aromatic heterocycles. The first-order valence-corrected chi connectivity index (χ1v) is 8.13. The summed E-state index contributed by atoms with van der Waals surface area (Å²) < 4.78 is 1.25. The molecule has 1 atom stereocenters. The Balaban J connectivity index is 1.53. The van der Waals surface area contributed by atoms with Gasteiger partial charge in [-0.05, 0) is 60.4 Å². The van der Waals surface area contributed by atoms with Crippen molar-refractivity contribution in [3.05, 3.63) is 20.8 Å². The van der Waals surface area contributed by atoms with E-state index in [2.05, 4.69) is 37.9 Å². The zero-order valence-corrected chi connectivity index (χ0v) is 12.5. The Morgan fingerprint density at radius 2 is 2.06 bits per heavy atom. The van der Waals surface area contributed by atoms with Crippen molar-refractivity contribution in [2.24, 2.45) is 0 Å². The summed E-state index contributed by atoms with van der Waals surface area (Å²) in [6.07, 6.45) is 4.19. The van der Waals surface area contributed by atoms with Crippen molar-refractivity contribution >= 4 is 27.3 Å². The molecular formula is C13H19BrN2S. The van der Waals surface area contributed by atoms with Crippen LogP contribution in [0.5, 0.6) is 0 Å². The van der Waals surface area contributed by atoms with Crippen LogP contribution in [0.2, 0.25) is 0 Å². The molecule has 0 spiro atoms. The summed E-state index contributed by atoms with van der Waals surface area (Å²) in [5, 5.41) is 0. The second-order valence-corrected chi connectivity index (χ2v) is 7.67. The van der Waals surface area contributed by atoms with Crippen LogP contribution in [0.4, 0.5) is 0 Å². The van der Waals surface area contributed by atoms with Gasteiger partial charge >= 0.3 is 0 Å². The van der Waals surface area contributed by atoms with Crippen LogP contribution in [0.25, 0.3) is 0 Å². The van der Waals surface area contributed by atoms with Gasteiger partial charge in [-0.3, -0.25) is 9.80 Å². The molecule has 2 aliphatic heterocycles. The Kier molecular flexibility index (Phi) is 3.85. The van der Waals surface area contributed by atoms with Crippen LogP contribution in [0.1, 0.15) is 24.1 Å². The third-order valence-electron chi connectivity index (χ3n) is 3.91. The Morgan fingerprint density at radius 1 is 1.24 bits per heavy atom. The molecule has 0 N–H and O–H groups in total. The van der Waals surface area contributed by atoms with Gasteiger partial charge in [-0.2, -0.15) is 0 Å². The van der Waals surface area contributed by atoms with Gasteiger partial charge in [0.25, 0.3) is 0 Å². The van der Waals surface area contributed by atoms with Crippen LogP contribution in [0, 0.1) is 0 Å². The highest BCUT2D eigenvalue weighted by molar-refractivity contribution is 9.11. The molecular weight excluding hydrogens is 296 g/mol. The average Bonchev–Trinajstić information content (AvgIpc) is 3.00. The molecule has 3 rings (SSSR count). The zero-order chi connectivity index (χ0) is 11.7. The van der Waals surface area contributed by atoms with Gasteiger partial charge in [-0.15, -0.1) is 11.3 Å². The molecule has 2 aliphatic rings. The van der Waals surface area contributed by atoms with E-state index in [0.717, 1.165) is 12.6 Å². The quantitative estimate of drug-likeness (QED) is 0.845. The number of hydrogen-bond acceptors (Lipinski definition) is 3. The topological polar surface area (TPSA) is 6.48 Å². The van der Waals surface area contributed by atoms with Crippen molar-refractivity contribution in [1.82, 2.24) is 9.80 Å². The molecule has 0 bridgehead atoms. The van der Waals surface area contributed by atoms with E-state index in [0.29, 0.717) is 0 Å². The molecule has 1 unspecified atom stereocenters. The molecule has 2 nitrogen and oxygen atoms in total. The van der Waals surface area contributed by atoms with Crippen LogP contribution < -0.4 is 0 Å². The number of halogens is 1. The van der Waals surface area contributed by atoms with E-state index in [4.69, 9.17) is 0 Å². The Morgan fingerprint density at radius 3 is 2.76 bits per heavy atom. The molecule has 0 radical (unpaired) electrons. The molecule has 0 amide bonds. The first-order valence-electron chi connectivity index (χ1n) is 6.52. The Hall–Kier alpha value is 0.1000. The van der Waals surface area contributed by atoms with Crippen molar-refractivity contribution in [1.29, 1.82) is 0 Å². The minimum atomic E-state index is 0.834. The van der Waals surface area contributed by atoms with Gasteiger partial charge in [-0.1, -0.05) is 0 Å². The molecule has 3 heterocycles. The predicted octanol–water partition coefficient (Wildman–Crippen LogP) is 3.18. The Labute approximate surface area is 116 Å². The lowest BCUT2D eigenvalue weighted by atomic mass is 10.2. The molecule has 2 saturated heterocycles. The highest BCUT2D eigenvalue weighted by atomic mass is 79.9. The van der Waals surface area contributed by atoms with E-state index >= 15 is 0 Å². The van der Waals surface area contributed by atoms with E-state index in [1.807, 2.05) is 11.3 Å². The SMILES string of the molecule is Brc1ccc(CN2CCC(N3CCCC3)C2)s1. The molecule has 0 aromatic carbocycles. The van der Waals surface area contributed by atoms with Gasteiger partial charge < -0.3 is 0 Å². The number of thiophene rings is 1. The van der Waals surface area contributed by atoms with E-state index in [1.165, 1.54) is 54.1 Å². The average molecular weight is 315 g/mol. The summed E-state index contributed by atoms with van der Waals surface area (Å²) in [6, 6.07) is 5.24. The smallest absolute Gasteiger partial charge is 0.0701 e. The van der Waals surface area contributed by atoms with Gasteiger partial charge in [0.2, 0.25) is 0 Å². The summed E-state index contributed by atoms with van der Waals surface area (Å²) in [5.41, 5.74) is 0. The van der Waals surface area contributed by atoms with Crippen molar-refractivity contribution in [3.8, 4) is 0 Å². The van der Waals surface area contributed by atoms with Crippen molar-refractivity contribution in [2.75, 3.05) is 26.2 Å². The minimum absolute atomic E-state index is 0.834. The summed E-state index contributed by atoms with van der Waals surface area (Å²) in [5.74, 6) is 0. The van der Waals surface area contributed by atoms with Crippen molar-refractivity contribution < 1.29 is 0 Å². The normalized spacial score (nSPS) is 27.0. The zero-order valence-electron chi connectivity index (χ0n) is 10.1. The summed E-state index contributed by atoms with van der Waals surface area (Å²) in [6.45, 7) is 6.36. The lowest BCUT2D eigenvalue weighted by Gasteiger charge is -2.23. The standard InChI is InChI=1S/C13H19BrN2S/c14-13-4-3-12(17-13)10-15-8-5-11(9-15)16-6-1-2-7-16/h3-4,11H,1-2,5-10H2. The number of rotatable bonds is 3. The monoisotopic (exact) mass is 314 g/mol. The van der Waals surface area contributed by atoms with E-state index in [9.17, 15) is 0 Å². The summed E-state index contributed by atoms with van der Waals surface area (Å²) in [4.78, 5) is 6.80.